The first kappa shape index (κ1) is 13.5. The van der Waals surface area contributed by atoms with Crippen molar-refractivity contribution in [2.45, 2.75) is 6.42 Å². The lowest BCUT2D eigenvalue weighted by molar-refractivity contribution is -0.136. The molecule has 0 aromatic heterocycles. The lowest BCUT2D eigenvalue weighted by Crippen LogP contribution is -2.33. The maximum Gasteiger partial charge on any atom is 0.352 e. The summed E-state index contributed by atoms with van der Waals surface area (Å²) in [7, 11) is 0. The van der Waals surface area contributed by atoms with Crippen LogP contribution in [0.15, 0.2) is 36.0 Å². The number of carbonyl (C=O) groups is 4. The molecule has 0 atom stereocenters. The second kappa shape index (κ2) is 4.96. The second-order valence-electron chi connectivity index (χ2n) is 3.98. The van der Waals surface area contributed by atoms with E-state index in [-0.39, 0.29) is 11.1 Å². The van der Waals surface area contributed by atoms with Crippen molar-refractivity contribution in [2.24, 2.45) is 0 Å². The number of nitrogens with zero attached hydrogens (tertiary/aromatic N) is 1. The molecule has 102 valence electrons. The summed E-state index contributed by atoms with van der Waals surface area (Å²) in [5, 5.41) is 17.6. The van der Waals surface area contributed by atoms with Crippen LogP contribution in [-0.2, 0) is 9.59 Å². The van der Waals surface area contributed by atoms with Crippen molar-refractivity contribution in [3.05, 3.63) is 47.2 Å². The number of hydrogen-bond donors (Lipinski definition) is 2. The van der Waals surface area contributed by atoms with Gasteiger partial charge in [-0.2, -0.15) is 0 Å². The van der Waals surface area contributed by atoms with E-state index in [1.165, 1.54) is 12.1 Å². The monoisotopic (exact) mass is 275 g/mol. The molecule has 0 unspecified atom stereocenters. The Bertz CT molecular complexity index is 626. The molecule has 1 aromatic rings. The predicted octanol–water partition coefficient (Wildman–Crippen LogP) is 0.726. The van der Waals surface area contributed by atoms with Crippen LogP contribution in [0.3, 0.4) is 0 Å². The summed E-state index contributed by atoms with van der Waals surface area (Å²) < 4.78 is 0. The zero-order valence-electron chi connectivity index (χ0n) is 10.1. The molecule has 0 saturated carbocycles. The molecule has 2 rings (SSSR count). The zero-order valence-corrected chi connectivity index (χ0v) is 10.1. The first-order valence-electron chi connectivity index (χ1n) is 5.56. The van der Waals surface area contributed by atoms with Crippen LogP contribution in [0.4, 0.5) is 0 Å². The topological polar surface area (TPSA) is 112 Å². The standard InChI is InChI=1S/C13H9NO6/c15-10(16)6-5-9(13(19)20)14-11(17)7-3-1-2-4-8(7)12(14)18/h1-5H,6H2,(H,15,16)(H,19,20). The van der Waals surface area contributed by atoms with E-state index in [2.05, 4.69) is 0 Å². The summed E-state index contributed by atoms with van der Waals surface area (Å²) in [6.45, 7) is 0. The molecule has 0 aliphatic carbocycles. The summed E-state index contributed by atoms with van der Waals surface area (Å²) in [5.74, 6) is -4.35. The number of amides is 2. The average molecular weight is 275 g/mol. The van der Waals surface area contributed by atoms with Crippen LogP contribution in [0, 0.1) is 0 Å². The molecule has 0 fully saturated rings. The third-order valence-electron chi connectivity index (χ3n) is 2.72. The van der Waals surface area contributed by atoms with Crippen LogP contribution in [0.2, 0.25) is 0 Å². The van der Waals surface area contributed by atoms with Crippen molar-refractivity contribution in [3.8, 4) is 0 Å². The Morgan fingerprint density at radius 3 is 1.95 bits per heavy atom. The predicted molar refractivity (Wildman–Crippen MR) is 64.9 cm³/mol. The Morgan fingerprint density at radius 1 is 1.05 bits per heavy atom. The van der Waals surface area contributed by atoms with Crippen LogP contribution >= 0.6 is 0 Å². The highest BCUT2D eigenvalue weighted by molar-refractivity contribution is 6.24. The van der Waals surface area contributed by atoms with Crippen molar-refractivity contribution < 1.29 is 29.4 Å². The smallest absolute Gasteiger partial charge is 0.352 e. The highest BCUT2D eigenvalue weighted by Crippen LogP contribution is 2.26. The van der Waals surface area contributed by atoms with Crippen molar-refractivity contribution in [2.75, 3.05) is 0 Å². The van der Waals surface area contributed by atoms with Gasteiger partial charge in [-0.15, -0.1) is 0 Å². The number of hydrogen-bond acceptors (Lipinski definition) is 4. The molecule has 1 aromatic carbocycles. The minimum absolute atomic E-state index is 0.0972. The van der Waals surface area contributed by atoms with Gasteiger partial charge in [0.05, 0.1) is 17.5 Å². The maximum absolute atomic E-state index is 12.1. The van der Waals surface area contributed by atoms with Crippen molar-refractivity contribution >= 4 is 23.8 Å². The van der Waals surface area contributed by atoms with Gasteiger partial charge in [0, 0.05) is 0 Å². The van der Waals surface area contributed by atoms with E-state index in [0.29, 0.717) is 4.90 Å². The molecule has 2 N–H and O–H groups in total. The Morgan fingerprint density at radius 2 is 1.55 bits per heavy atom. The van der Waals surface area contributed by atoms with E-state index < -0.39 is 35.9 Å². The third-order valence-corrected chi connectivity index (χ3v) is 2.72. The van der Waals surface area contributed by atoms with Crippen LogP contribution in [0.25, 0.3) is 0 Å². The lowest BCUT2D eigenvalue weighted by atomic mass is 10.1. The number of fused-ring (bicyclic) bond motifs is 1. The van der Waals surface area contributed by atoms with Crippen molar-refractivity contribution in [1.82, 2.24) is 4.90 Å². The van der Waals surface area contributed by atoms with Gasteiger partial charge in [-0.05, 0) is 18.2 Å². The van der Waals surface area contributed by atoms with Crippen molar-refractivity contribution in [1.29, 1.82) is 0 Å². The van der Waals surface area contributed by atoms with E-state index >= 15 is 0 Å². The lowest BCUT2D eigenvalue weighted by Gasteiger charge is -2.14. The Kier molecular flexibility index (Phi) is 3.34. The molecule has 7 nitrogen and oxygen atoms in total. The highest BCUT2D eigenvalue weighted by atomic mass is 16.4. The van der Waals surface area contributed by atoms with Gasteiger partial charge in [0.25, 0.3) is 11.8 Å². The number of imide groups is 1. The SMILES string of the molecule is O=C(O)CC=C(C(=O)O)N1C(=O)c2ccccc2C1=O. The number of aliphatic carboxylic acids is 2. The quantitative estimate of drug-likeness (QED) is 0.618. The van der Waals surface area contributed by atoms with Crippen LogP contribution in [-0.4, -0.2) is 38.9 Å². The van der Waals surface area contributed by atoms with Crippen LogP contribution in [0.1, 0.15) is 27.1 Å². The first-order chi connectivity index (χ1) is 9.43. The van der Waals surface area contributed by atoms with E-state index in [4.69, 9.17) is 10.2 Å². The van der Waals surface area contributed by atoms with Gasteiger partial charge in [-0.3, -0.25) is 14.4 Å². The molecule has 1 aliphatic rings. The van der Waals surface area contributed by atoms with Gasteiger partial charge >= 0.3 is 11.9 Å². The van der Waals surface area contributed by atoms with Crippen LogP contribution < -0.4 is 0 Å². The zero-order chi connectivity index (χ0) is 14.9. The number of rotatable bonds is 4. The number of carbonyl (C=O) groups excluding carboxylic acids is 2. The van der Waals surface area contributed by atoms with Gasteiger partial charge in [-0.1, -0.05) is 12.1 Å². The number of carboxylic acid groups (broad SMARTS) is 2. The largest absolute Gasteiger partial charge is 0.481 e. The Labute approximate surface area is 112 Å². The number of benzene rings is 1. The third kappa shape index (κ3) is 2.16. The van der Waals surface area contributed by atoms with Crippen molar-refractivity contribution in [3.63, 3.8) is 0 Å². The molecule has 0 radical (unpaired) electrons. The van der Waals surface area contributed by atoms with E-state index in [1.807, 2.05) is 0 Å². The minimum Gasteiger partial charge on any atom is -0.481 e. The summed E-state index contributed by atoms with van der Waals surface area (Å²) in [4.78, 5) is 46.2. The van der Waals surface area contributed by atoms with Gasteiger partial charge < -0.3 is 10.2 Å². The normalized spacial score (nSPS) is 14.4. The first-order valence-corrected chi connectivity index (χ1v) is 5.56. The highest BCUT2D eigenvalue weighted by Gasteiger charge is 2.39. The summed E-state index contributed by atoms with van der Waals surface area (Å²) in [5.41, 5.74) is -0.460. The van der Waals surface area contributed by atoms with Crippen LogP contribution in [0.5, 0.6) is 0 Å². The van der Waals surface area contributed by atoms with Gasteiger partial charge in [0.1, 0.15) is 5.70 Å². The maximum atomic E-state index is 12.1. The molecule has 1 aliphatic heterocycles. The summed E-state index contributed by atoms with van der Waals surface area (Å²) in [6, 6.07) is 5.92. The fourth-order valence-electron chi connectivity index (χ4n) is 1.87. The van der Waals surface area contributed by atoms with Gasteiger partial charge in [0.15, 0.2) is 0 Å². The average Bonchev–Trinajstić information content (AvgIpc) is 2.64. The van der Waals surface area contributed by atoms with Gasteiger partial charge in [-0.25, -0.2) is 9.69 Å². The molecule has 20 heavy (non-hydrogen) atoms. The molecular formula is C13H9NO6. The summed E-state index contributed by atoms with van der Waals surface area (Å²) >= 11 is 0. The Balaban J connectivity index is 2.45. The van der Waals surface area contributed by atoms with Gasteiger partial charge in [0.2, 0.25) is 0 Å². The molecule has 0 spiro atoms. The molecule has 2 amide bonds. The van der Waals surface area contributed by atoms with E-state index in [9.17, 15) is 19.2 Å². The van der Waals surface area contributed by atoms with E-state index in [0.717, 1.165) is 6.08 Å². The minimum atomic E-state index is -1.54. The fraction of sp³-hybridized carbons (Fsp3) is 0.0769. The van der Waals surface area contributed by atoms with E-state index in [1.54, 1.807) is 12.1 Å². The molecule has 0 bridgehead atoms. The summed E-state index contributed by atoms with van der Waals surface area (Å²) in [6.07, 6.45) is 0.224. The second-order valence-corrected chi connectivity index (χ2v) is 3.98. The fourth-order valence-corrected chi connectivity index (χ4v) is 1.87. The number of carboxylic acids is 2. The Hall–Kier alpha value is -2.96. The molecule has 7 heteroatoms. The molecule has 0 saturated heterocycles. The molecule has 1 heterocycles. The molecular weight excluding hydrogens is 266 g/mol.